The summed E-state index contributed by atoms with van der Waals surface area (Å²) in [6.07, 6.45) is 0.269. The number of rotatable bonds is 3. The van der Waals surface area contributed by atoms with Crippen molar-refractivity contribution in [2.24, 2.45) is 0 Å². The van der Waals surface area contributed by atoms with E-state index in [0.717, 1.165) is 0 Å². The highest BCUT2D eigenvalue weighted by Crippen LogP contribution is 2.32. The van der Waals surface area contributed by atoms with Gasteiger partial charge in [0.15, 0.2) is 5.65 Å². The monoisotopic (exact) mass is 387 g/mol. The number of hydrogen-bond acceptors (Lipinski definition) is 5. The van der Waals surface area contributed by atoms with Crippen LogP contribution in [0.15, 0.2) is 48.5 Å². The molecule has 2 heterocycles. The van der Waals surface area contributed by atoms with E-state index in [2.05, 4.69) is 21.4 Å². The van der Waals surface area contributed by atoms with Gasteiger partial charge in [-0.3, -0.25) is 9.36 Å². The SMILES string of the molecule is CC.CCC(=O)Nc1c(C#N)c2nc3ccccc3nc2n1-c1ccc(O)cc1. The number of nitriles is 1. The number of nitrogens with one attached hydrogen (secondary N) is 1. The Kier molecular flexibility index (Phi) is 5.74. The fourth-order valence-corrected chi connectivity index (χ4v) is 2.94. The van der Waals surface area contributed by atoms with Crippen LogP contribution in [-0.2, 0) is 4.79 Å². The number of hydrogen-bond donors (Lipinski definition) is 2. The Labute approximate surface area is 168 Å². The Hall–Kier alpha value is -3.92. The van der Waals surface area contributed by atoms with Crippen molar-refractivity contribution in [3.05, 3.63) is 54.1 Å². The lowest BCUT2D eigenvalue weighted by molar-refractivity contribution is -0.115. The highest BCUT2D eigenvalue weighted by Gasteiger charge is 2.22. The van der Waals surface area contributed by atoms with Gasteiger partial charge in [-0.05, 0) is 36.4 Å². The predicted molar refractivity (Wildman–Crippen MR) is 113 cm³/mol. The molecule has 0 radical (unpaired) electrons. The summed E-state index contributed by atoms with van der Waals surface area (Å²) in [6.45, 7) is 5.74. The molecule has 0 fully saturated rings. The second-order valence-corrected chi connectivity index (χ2v) is 5.97. The number of carbonyl (C=O) groups excluding carboxylic acids is 1. The fourth-order valence-electron chi connectivity index (χ4n) is 2.94. The van der Waals surface area contributed by atoms with Gasteiger partial charge in [-0.1, -0.05) is 32.9 Å². The zero-order valence-corrected chi connectivity index (χ0v) is 16.5. The smallest absolute Gasteiger partial charge is 0.225 e. The molecule has 1 amide bonds. The van der Waals surface area contributed by atoms with Crippen molar-refractivity contribution in [2.75, 3.05) is 5.32 Å². The maximum atomic E-state index is 12.1. The number of nitrogens with zero attached hydrogens (tertiary/aromatic N) is 4. The molecule has 0 spiro atoms. The maximum absolute atomic E-state index is 12.1. The molecule has 7 nitrogen and oxygen atoms in total. The van der Waals surface area contributed by atoms with E-state index >= 15 is 0 Å². The first-order valence-electron chi connectivity index (χ1n) is 9.43. The summed E-state index contributed by atoms with van der Waals surface area (Å²) in [7, 11) is 0. The molecule has 0 atom stereocenters. The minimum Gasteiger partial charge on any atom is -0.508 e. The zero-order valence-electron chi connectivity index (χ0n) is 16.5. The third kappa shape index (κ3) is 3.60. The molecule has 0 aliphatic heterocycles. The zero-order chi connectivity index (χ0) is 21.0. The van der Waals surface area contributed by atoms with E-state index in [1.807, 2.05) is 38.1 Å². The summed E-state index contributed by atoms with van der Waals surface area (Å²) in [5.74, 6) is 0.214. The highest BCUT2D eigenvalue weighted by molar-refractivity contribution is 5.99. The first kappa shape index (κ1) is 19.8. The van der Waals surface area contributed by atoms with E-state index < -0.39 is 0 Å². The van der Waals surface area contributed by atoms with Gasteiger partial charge in [0.2, 0.25) is 5.91 Å². The number of carbonyl (C=O) groups is 1. The molecule has 0 bridgehead atoms. The van der Waals surface area contributed by atoms with Crippen LogP contribution in [0.1, 0.15) is 32.8 Å². The molecule has 4 aromatic rings. The normalized spacial score (nSPS) is 10.3. The third-order valence-electron chi connectivity index (χ3n) is 4.26. The minimum absolute atomic E-state index is 0.117. The van der Waals surface area contributed by atoms with Gasteiger partial charge in [0.1, 0.15) is 28.7 Å². The minimum atomic E-state index is -0.223. The molecule has 7 heteroatoms. The second kappa shape index (κ2) is 8.40. The number of benzene rings is 2. The molecule has 29 heavy (non-hydrogen) atoms. The molecule has 2 aromatic carbocycles. The summed E-state index contributed by atoms with van der Waals surface area (Å²) < 4.78 is 1.68. The predicted octanol–water partition coefficient (Wildman–Crippen LogP) is 4.53. The second-order valence-electron chi connectivity index (χ2n) is 5.97. The molecule has 146 valence electrons. The molecule has 0 aliphatic rings. The van der Waals surface area contributed by atoms with Gasteiger partial charge in [0, 0.05) is 12.1 Å². The lowest BCUT2D eigenvalue weighted by Gasteiger charge is -2.11. The molecule has 0 saturated heterocycles. The molecule has 4 rings (SSSR count). The third-order valence-corrected chi connectivity index (χ3v) is 4.26. The Balaban J connectivity index is 0.00000117. The maximum Gasteiger partial charge on any atom is 0.225 e. The number of para-hydroxylation sites is 2. The Morgan fingerprint density at radius 3 is 2.31 bits per heavy atom. The van der Waals surface area contributed by atoms with Crippen molar-refractivity contribution >= 4 is 33.9 Å². The van der Waals surface area contributed by atoms with Crippen LogP contribution in [0.3, 0.4) is 0 Å². The molecular weight excluding hydrogens is 366 g/mol. The number of phenolic OH excluding ortho intramolecular Hbond substituents is 1. The van der Waals surface area contributed by atoms with Crippen LogP contribution in [0.4, 0.5) is 5.82 Å². The fraction of sp³-hybridized carbons (Fsp3) is 0.182. The molecule has 2 aromatic heterocycles. The van der Waals surface area contributed by atoms with Crippen molar-refractivity contribution in [1.82, 2.24) is 14.5 Å². The number of aromatic hydroxyl groups is 1. The number of aromatic nitrogens is 3. The van der Waals surface area contributed by atoms with Crippen LogP contribution in [0.25, 0.3) is 27.9 Å². The van der Waals surface area contributed by atoms with Crippen LogP contribution >= 0.6 is 0 Å². The standard InChI is InChI=1S/C20H15N5O2.C2H6/c1-2-17(27)24-19-14(11-21)18-20(23-16-6-4-3-5-15(16)22-18)25(19)12-7-9-13(26)10-8-12;1-2/h3-10,26H,2H2,1H3,(H,24,27);1-2H3. The lowest BCUT2D eigenvalue weighted by Crippen LogP contribution is -2.14. The van der Waals surface area contributed by atoms with Gasteiger partial charge in [-0.25, -0.2) is 9.97 Å². The van der Waals surface area contributed by atoms with Gasteiger partial charge in [0.25, 0.3) is 0 Å². The molecule has 0 aliphatic carbocycles. The summed E-state index contributed by atoms with van der Waals surface area (Å²) in [5.41, 5.74) is 3.12. The first-order valence-corrected chi connectivity index (χ1v) is 9.43. The number of fused-ring (bicyclic) bond motifs is 2. The van der Waals surface area contributed by atoms with Crippen molar-refractivity contribution in [2.45, 2.75) is 27.2 Å². The van der Waals surface area contributed by atoms with E-state index in [-0.39, 0.29) is 23.6 Å². The molecule has 0 saturated carbocycles. The number of amides is 1. The average molecular weight is 387 g/mol. The van der Waals surface area contributed by atoms with Crippen molar-refractivity contribution in [3.8, 4) is 17.5 Å². The van der Waals surface area contributed by atoms with Crippen molar-refractivity contribution in [3.63, 3.8) is 0 Å². The van der Waals surface area contributed by atoms with Crippen molar-refractivity contribution in [1.29, 1.82) is 5.26 Å². The van der Waals surface area contributed by atoms with Gasteiger partial charge in [-0.15, -0.1) is 0 Å². The Bertz CT molecular complexity index is 1220. The quantitative estimate of drug-likeness (QED) is 0.538. The van der Waals surface area contributed by atoms with Crippen LogP contribution in [0, 0.1) is 11.3 Å². The lowest BCUT2D eigenvalue weighted by atomic mass is 10.2. The van der Waals surface area contributed by atoms with Gasteiger partial charge < -0.3 is 10.4 Å². The largest absolute Gasteiger partial charge is 0.508 e. The summed E-state index contributed by atoms with van der Waals surface area (Å²) >= 11 is 0. The molecule has 2 N–H and O–H groups in total. The molecular formula is C22H21N5O2. The molecule has 0 unspecified atom stereocenters. The van der Waals surface area contributed by atoms with E-state index in [0.29, 0.717) is 33.7 Å². The van der Waals surface area contributed by atoms with Gasteiger partial charge in [-0.2, -0.15) is 5.26 Å². The van der Waals surface area contributed by atoms with Gasteiger partial charge >= 0.3 is 0 Å². The summed E-state index contributed by atoms with van der Waals surface area (Å²) in [4.78, 5) is 21.4. The Morgan fingerprint density at radius 1 is 1.10 bits per heavy atom. The Morgan fingerprint density at radius 2 is 1.72 bits per heavy atom. The van der Waals surface area contributed by atoms with Crippen LogP contribution in [-0.4, -0.2) is 25.5 Å². The number of phenols is 1. The summed E-state index contributed by atoms with van der Waals surface area (Å²) in [6, 6.07) is 16.0. The van der Waals surface area contributed by atoms with E-state index in [1.165, 1.54) is 12.1 Å². The first-order chi connectivity index (χ1) is 14.1. The van der Waals surface area contributed by atoms with E-state index in [9.17, 15) is 15.2 Å². The van der Waals surface area contributed by atoms with Crippen LogP contribution in [0.2, 0.25) is 0 Å². The topological polar surface area (TPSA) is 104 Å². The van der Waals surface area contributed by atoms with E-state index in [4.69, 9.17) is 0 Å². The highest BCUT2D eigenvalue weighted by atomic mass is 16.3. The van der Waals surface area contributed by atoms with Crippen LogP contribution < -0.4 is 5.32 Å². The van der Waals surface area contributed by atoms with Gasteiger partial charge in [0.05, 0.1) is 11.0 Å². The summed E-state index contributed by atoms with van der Waals surface area (Å²) in [5, 5.41) is 22.2. The average Bonchev–Trinajstić information content (AvgIpc) is 3.05. The van der Waals surface area contributed by atoms with Crippen molar-refractivity contribution < 1.29 is 9.90 Å². The van der Waals surface area contributed by atoms with Crippen LogP contribution in [0.5, 0.6) is 5.75 Å². The van der Waals surface area contributed by atoms with E-state index in [1.54, 1.807) is 23.6 Å². The number of anilines is 1.